The second-order valence-corrected chi connectivity index (χ2v) is 16.0. The number of aromatic nitrogens is 4. The number of nitrogens with zero attached hydrogens (tertiary/aromatic N) is 4. The van der Waals surface area contributed by atoms with Crippen LogP contribution in [-0.4, -0.2) is 19.5 Å². The van der Waals surface area contributed by atoms with E-state index in [1.807, 2.05) is 24.3 Å². The molecule has 0 radical (unpaired) electrons. The van der Waals surface area contributed by atoms with Crippen LogP contribution in [0.1, 0.15) is 0 Å². The van der Waals surface area contributed by atoms with Gasteiger partial charge in [-0.3, -0.25) is 0 Å². The SMILES string of the molecule is c1ccc(-c2ccc(-c3cc(-c4ccc(-c5ccc6nc(-c7ccccc7)c7ccc8c(c9ccccc9n8-c8ccccc8)c7c6c5)cc4)nc(-c4ccccc4)n3)cc2)cc1. The fourth-order valence-electron chi connectivity index (χ4n) is 9.16. The summed E-state index contributed by atoms with van der Waals surface area (Å²) < 4.78 is 2.39. The molecule has 0 saturated carbocycles. The quantitative estimate of drug-likeness (QED) is 0.151. The van der Waals surface area contributed by atoms with Gasteiger partial charge in [0.15, 0.2) is 5.82 Å². The maximum Gasteiger partial charge on any atom is 0.160 e. The molecule has 63 heavy (non-hydrogen) atoms. The minimum atomic E-state index is 0.697. The van der Waals surface area contributed by atoms with Crippen molar-refractivity contribution in [3.63, 3.8) is 0 Å². The Morgan fingerprint density at radius 1 is 0.286 bits per heavy atom. The molecule has 0 saturated heterocycles. The molecule has 0 N–H and O–H groups in total. The standard InChI is InChI=1S/C59H38N4/c1-5-15-39(16-6-1)40-25-29-42(30-26-40)52-38-53(62-59(61-52)45-19-9-3-10-20-45)43-31-27-41(28-32-43)46-33-35-51-50(37-46)56-49(58(60-51)44-17-7-2-8-18-44)34-36-55-57(56)48-23-13-14-24-54(48)63(55)47-21-11-4-12-22-47/h1-38H. The predicted octanol–water partition coefficient (Wildman–Crippen LogP) is 15.3. The first-order valence-corrected chi connectivity index (χ1v) is 21.4. The molecule has 0 fully saturated rings. The van der Waals surface area contributed by atoms with E-state index in [1.54, 1.807) is 0 Å². The maximum atomic E-state index is 5.38. The second kappa shape index (κ2) is 15.2. The van der Waals surface area contributed by atoms with E-state index in [0.29, 0.717) is 5.82 Å². The van der Waals surface area contributed by atoms with Gasteiger partial charge < -0.3 is 4.57 Å². The lowest BCUT2D eigenvalue weighted by atomic mass is 9.94. The Morgan fingerprint density at radius 2 is 0.794 bits per heavy atom. The molecule has 3 aromatic heterocycles. The van der Waals surface area contributed by atoms with E-state index in [-0.39, 0.29) is 0 Å². The van der Waals surface area contributed by atoms with Crippen molar-refractivity contribution >= 4 is 43.5 Å². The van der Waals surface area contributed by atoms with Crippen molar-refractivity contribution < 1.29 is 0 Å². The van der Waals surface area contributed by atoms with E-state index in [4.69, 9.17) is 15.0 Å². The summed E-state index contributed by atoms with van der Waals surface area (Å²) in [4.78, 5) is 15.6. The van der Waals surface area contributed by atoms with Gasteiger partial charge in [-0.15, -0.1) is 0 Å². The Kier molecular flexibility index (Phi) is 8.79. The van der Waals surface area contributed by atoms with Gasteiger partial charge in [-0.05, 0) is 64.7 Å². The zero-order valence-corrected chi connectivity index (χ0v) is 34.2. The number of fused-ring (bicyclic) bond motifs is 7. The van der Waals surface area contributed by atoms with Crippen LogP contribution in [0.15, 0.2) is 231 Å². The molecule has 294 valence electrons. The molecule has 4 nitrogen and oxygen atoms in total. The van der Waals surface area contributed by atoms with Gasteiger partial charge in [0.05, 0.1) is 33.6 Å². The van der Waals surface area contributed by atoms with Gasteiger partial charge in [0, 0.05) is 54.9 Å². The fourth-order valence-corrected chi connectivity index (χ4v) is 9.16. The molecule has 0 aliphatic heterocycles. The van der Waals surface area contributed by atoms with Crippen LogP contribution in [0, 0.1) is 0 Å². The number of hydrogen-bond donors (Lipinski definition) is 0. The molecule has 0 spiro atoms. The van der Waals surface area contributed by atoms with Gasteiger partial charge in [-0.2, -0.15) is 0 Å². The summed E-state index contributed by atoms with van der Waals surface area (Å²) in [7, 11) is 0. The van der Waals surface area contributed by atoms with Crippen LogP contribution in [0.5, 0.6) is 0 Å². The smallest absolute Gasteiger partial charge is 0.160 e. The first kappa shape index (κ1) is 36.4. The summed E-state index contributed by atoms with van der Waals surface area (Å²) in [5.41, 5.74) is 15.9. The van der Waals surface area contributed by atoms with Crippen molar-refractivity contribution in [1.29, 1.82) is 0 Å². The van der Waals surface area contributed by atoms with E-state index in [0.717, 1.165) is 72.4 Å². The normalized spacial score (nSPS) is 11.5. The zero-order valence-electron chi connectivity index (χ0n) is 34.2. The summed E-state index contributed by atoms with van der Waals surface area (Å²) in [5.74, 6) is 0.697. The molecule has 0 aliphatic rings. The first-order valence-electron chi connectivity index (χ1n) is 21.4. The third-order valence-corrected chi connectivity index (χ3v) is 12.2. The van der Waals surface area contributed by atoms with Crippen LogP contribution in [0.4, 0.5) is 0 Å². The molecule has 0 atom stereocenters. The van der Waals surface area contributed by atoms with Gasteiger partial charge >= 0.3 is 0 Å². The third-order valence-electron chi connectivity index (χ3n) is 12.2. The van der Waals surface area contributed by atoms with Crippen LogP contribution in [-0.2, 0) is 0 Å². The molecule has 12 rings (SSSR count). The summed E-state index contributed by atoms with van der Waals surface area (Å²) >= 11 is 0. The number of rotatable bonds is 7. The molecule has 0 aliphatic carbocycles. The van der Waals surface area contributed by atoms with Crippen molar-refractivity contribution in [2.45, 2.75) is 0 Å². The molecular weight excluding hydrogens is 765 g/mol. The summed E-state index contributed by atoms with van der Waals surface area (Å²) in [6.45, 7) is 0. The highest BCUT2D eigenvalue weighted by molar-refractivity contribution is 6.29. The zero-order chi connectivity index (χ0) is 41.7. The molecule has 4 heteroatoms. The molecule has 3 heterocycles. The Hall–Kier alpha value is -8.47. The summed E-state index contributed by atoms with van der Waals surface area (Å²) in [5, 5.41) is 5.91. The minimum Gasteiger partial charge on any atom is -0.309 e. The van der Waals surface area contributed by atoms with E-state index >= 15 is 0 Å². The average molecular weight is 803 g/mol. The lowest BCUT2D eigenvalue weighted by Crippen LogP contribution is -1.96. The van der Waals surface area contributed by atoms with Gasteiger partial charge in [-0.1, -0.05) is 188 Å². The number of benzene rings is 9. The van der Waals surface area contributed by atoms with Crippen LogP contribution in [0.2, 0.25) is 0 Å². The summed E-state index contributed by atoms with van der Waals surface area (Å²) in [6.07, 6.45) is 0. The van der Waals surface area contributed by atoms with Crippen LogP contribution in [0.3, 0.4) is 0 Å². The fraction of sp³-hybridized carbons (Fsp3) is 0. The Labute approximate surface area is 365 Å². The Bertz CT molecular complexity index is 3620. The molecule has 12 aromatic rings. The van der Waals surface area contributed by atoms with Gasteiger partial charge in [-0.25, -0.2) is 15.0 Å². The molecule has 0 bridgehead atoms. The Balaban J connectivity index is 1.00. The van der Waals surface area contributed by atoms with Crippen molar-refractivity contribution in [3.05, 3.63) is 231 Å². The predicted molar refractivity (Wildman–Crippen MR) is 262 cm³/mol. The van der Waals surface area contributed by atoms with Crippen LogP contribution < -0.4 is 0 Å². The van der Waals surface area contributed by atoms with E-state index < -0.39 is 0 Å². The monoisotopic (exact) mass is 802 g/mol. The lowest BCUT2D eigenvalue weighted by molar-refractivity contribution is 1.18. The topological polar surface area (TPSA) is 43.6 Å². The average Bonchev–Trinajstić information content (AvgIpc) is 3.71. The second-order valence-electron chi connectivity index (χ2n) is 16.0. The summed E-state index contributed by atoms with van der Waals surface area (Å²) in [6, 6.07) is 81.5. The lowest BCUT2D eigenvalue weighted by Gasteiger charge is -2.14. The van der Waals surface area contributed by atoms with Crippen LogP contribution in [0.25, 0.3) is 117 Å². The van der Waals surface area contributed by atoms with Crippen LogP contribution >= 0.6 is 0 Å². The molecule has 0 unspecified atom stereocenters. The van der Waals surface area contributed by atoms with Crippen molar-refractivity contribution in [2.24, 2.45) is 0 Å². The highest BCUT2D eigenvalue weighted by Crippen LogP contribution is 2.43. The van der Waals surface area contributed by atoms with Gasteiger partial charge in [0.2, 0.25) is 0 Å². The van der Waals surface area contributed by atoms with E-state index in [1.165, 1.54) is 38.3 Å². The van der Waals surface area contributed by atoms with Crippen molar-refractivity contribution in [1.82, 2.24) is 19.5 Å². The van der Waals surface area contributed by atoms with Gasteiger partial charge in [0.25, 0.3) is 0 Å². The molecule has 0 amide bonds. The highest BCUT2D eigenvalue weighted by atomic mass is 15.0. The first-order chi connectivity index (χ1) is 31.2. The number of para-hydroxylation sites is 2. The number of pyridine rings is 1. The highest BCUT2D eigenvalue weighted by Gasteiger charge is 2.20. The van der Waals surface area contributed by atoms with E-state index in [2.05, 4.69) is 211 Å². The maximum absolute atomic E-state index is 5.38. The van der Waals surface area contributed by atoms with E-state index in [9.17, 15) is 0 Å². The molecular formula is C59H38N4. The van der Waals surface area contributed by atoms with Crippen molar-refractivity contribution in [3.8, 4) is 73.1 Å². The number of hydrogen-bond acceptors (Lipinski definition) is 3. The van der Waals surface area contributed by atoms with Gasteiger partial charge in [0.1, 0.15) is 0 Å². The minimum absolute atomic E-state index is 0.697. The largest absolute Gasteiger partial charge is 0.309 e. The Morgan fingerprint density at radius 3 is 1.44 bits per heavy atom. The third kappa shape index (κ3) is 6.44. The van der Waals surface area contributed by atoms with Crippen molar-refractivity contribution in [2.75, 3.05) is 0 Å². The molecule has 9 aromatic carbocycles.